The van der Waals surface area contributed by atoms with Gasteiger partial charge in [0.15, 0.2) is 0 Å². The summed E-state index contributed by atoms with van der Waals surface area (Å²) in [5.74, 6) is 0.581. The highest BCUT2D eigenvalue weighted by Crippen LogP contribution is 2.28. The maximum absolute atomic E-state index is 12.1. The van der Waals surface area contributed by atoms with Gasteiger partial charge in [-0.25, -0.2) is 0 Å². The summed E-state index contributed by atoms with van der Waals surface area (Å²) < 4.78 is 1.06. The molecule has 2 aromatic rings. The van der Waals surface area contributed by atoms with E-state index in [1.807, 2.05) is 24.3 Å². The fourth-order valence-electron chi connectivity index (χ4n) is 2.33. The Labute approximate surface area is 121 Å². The van der Waals surface area contributed by atoms with Crippen molar-refractivity contribution in [3.63, 3.8) is 0 Å². The number of carbonyl (C=O) groups excluding carboxylic acids is 1. The highest BCUT2D eigenvalue weighted by Gasteiger charge is 2.16. The summed E-state index contributed by atoms with van der Waals surface area (Å²) in [5.41, 5.74) is 0. The lowest BCUT2D eigenvalue weighted by Crippen LogP contribution is -2.29. The summed E-state index contributed by atoms with van der Waals surface area (Å²) in [4.78, 5) is 12.9. The highest BCUT2D eigenvalue weighted by molar-refractivity contribution is 7.20. The number of nitrogens with one attached hydrogen (secondary N) is 2. The van der Waals surface area contributed by atoms with Gasteiger partial charge in [0.2, 0.25) is 0 Å². The van der Waals surface area contributed by atoms with Gasteiger partial charge in [-0.05, 0) is 49.0 Å². The van der Waals surface area contributed by atoms with Crippen molar-refractivity contribution in [2.45, 2.75) is 6.42 Å². The molecule has 1 saturated heterocycles. The van der Waals surface area contributed by atoms with Gasteiger partial charge >= 0.3 is 0 Å². The number of amides is 1. The zero-order valence-electron chi connectivity index (χ0n) is 10.4. The Bertz CT molecular complexity index is 605. The molecular weight excluding hydrogens is 280 g/mol. The first kappa shape index (κ1) is 12.9. The third-order valence-corrected chi connectivity index (χ3v) is 4.75. The van der Waals surface area contributed by atoms with Crippen LogP contribution in [0.4, 0.5) is 0 Å². The van der Waals surface area contributed by atoms with Gasteiger partial charge in [0.05, 0.1) is 4.88 Å². The van der Waals surface area contributed by atoms with Gasteiger partial charge in [0.25, 0.3) is 5.91 Å². The second-order valence-electron chi connectivity index (χ2n) is 4.86. The van der Waals surface area contributed by atoms with Crippen molar-refractivity contribution in [3.8, 4) is 0 Å². The molecule has 3 rings (SSSR count). The van der Waals surface area contributed by atoms with Gasteiger partial charge < -0.3 is 10.6 Å². The van der Waals surface area contributed by atoms with E-state index in [4.69, 9.17) is 11.6 Å². The van der Waals surface area contributed by atoms with Gasteiger partial charge in [0, 0.05) is 16.3 Å². The van der Waals surface area contributed by atoms with Crippen molar-refractivity contribution in [2.75, 3.05) is 19.6 Å². The van der Waals surface area contributed by atoms with Crippen LogP contribution in [-0.4, -0.2) is 25.5 Å². The first-order valence-corrected chi connectivity index (χ1v) is 7.60. The number of hydrogen-bond donors (Lipinski definition) is 2. The smallest absolute Gasteiger partial charge is 0.261 e. The largest absolute Gasteiger partial charge is 0.351 e. The molecule has 3 nitrogen and oxygen atoms in total. The fourth-order valence-corrected chi connectivity index (χ4v) is 3.58. The molecule has 0 aliphatic carbocycles. The maximum Gasteiger partial charge on any atom is 0.261 e. The van der Waals surface area contributed by atoms with E-state index in [2.05, 4.69) is 10.6 Å². The molecule has 100 valence electrons. The summed E-state index contributed by atoms with van der Waals surface area (Å²) in [6.45, 7) is 2.81. The molecule has 0 bridgehead atoms. The Morgan fingerprint density at radius 3 is 3.16 bits per heavy atom. The maximum atomic E-state index is 12.1. The SMILES string of the molecule is O=C(NC[C@H]1CCNC1)c1cc2ccc(Cl)cc2s1. The molecule has 1 amide bonds. The van der Waals surface area contributed by atoms with Crippen LogP contribution >= 0.6 is 22.9 Å². The number of fused-ring (bicyclic) bond motifs is 1. The van der Waals surface area contributed by atoms with E-state index in [1.54, 1.807) is 0 Å². The van der Waals surface area contributed by atoms with E-state index < -0.39 is 0 Å². The average Bonchev–Trinajstić information content (AvgIpc) is 3.04. The lowest BCUT2D eigenvalue weighted by molar-refractivity contribution is 0.0952. The van der Waals surface area contributed by atoms with Crippen LogP contribution in [0.5, 0.6) is 0 Å². The van der Waals surface area contributed by atoms with Crippen LogP contribution in [0.15, 0.2) is 24.3 Å². The van der Waals surface area contributed by atoms with Gasteiger partial charge in [-0.2, -0.15) is 0 Å². The molecular formula is C14H15ClN2OS. The number of benzene rings is 1. The van der Waals surface area contributed by atoms with E-state index in [0.717, 1.165) is 41.0 Å². The molecule has 19 heavy (non-hydrogen) atoms. The summed E-state index contributed by atoms with van der Waals surface area (Å²) in [6, 6.07) is 7.63. The van der Waals surface area contributed by atoms with Gasteiger partial charge in [0.1, 0.15) is 0 Å². The summed E-state index contributed by atoms with van der Waals surface area (Å²) >= 11 is 7.44. The molecule has 1 aromatic carbocycles. The summed E-state index contributed by atoms with van der Waals surface area (Å²) in [6.07, 6.45) is 1.14. The zero-order chi connectivity index (χ0) is 13.2. The Kier molecular flexibility index (Phi) is 3.73. The molecule has 2 heterocycles. The normalized spacial score (nSPS) is 18.9. The third-order valence-electron chi connectivity index (χ3n) is 3.42. The van der Waals surface area contributed by atoms with Crippen molar-refractivity contribution in [2.24, 2.45) is 5.92 Å². The Hall–Kier alpha value is -1.10. The monoisotopic (exact) mass is 294 g/mol. The molecule has 0 unspecified atom stereocenters. The van der Waals surface area contributed by atoms with Crippen molar-refractivity contribution < 1.29 is 4.79 Å². The minimum absolute atomic E-state index is 0.0178. The first-order valence-electron chi connectivity index (χ1n) is 6.40. The first-order chi connectivity index (χ1) is 9.22. The van der Waals surface area contributed by atoms with Crippen LogP contribution in [0.1, 0.15) is 16.1 Å². The summed E-state index contributed by atoms with van der Waals surface area (Å²) in [5, 5.41) is 8.09. The van der Waals surface area contributed by atoms with Crippen LogP contribution in [0.3, 0.4) is 0 Å². The third kappa shape index (κ3) is 2.91. The predicted octanol–water partition coefficient (Wildman–Crippen LogP) is 2.89. The number of halogens is 1. The van der Waals surface area contributed by atoms with Crippen LogP contribution in [0.2, 0.25) is 5.02 Å². The lowest BCUT2D eigenvalue weighted by atomic mass is 10.1. The van der Waals surface area contributed by atoms with E-state index >= 15 is 0 Å². The molecule has 2 N–H and O–H groups in total. The molecule has 0 saturated carbocycles. The molecule has 0 spiro atoms. The van der Waals surface area contributed by atoms with Crippen molar-refractivity contribution in [1.29, 1.82) is 0 Å². The minimum atomic E-state index is 0.0178. The lowest BCUT2D eigenvalue weighted by Gasteiger charge is -2.08. The minimum Gasteiger partial charge on any atom is -0.351 e. The average molecular weight is 295 g/mol. The van der Waals surface area contributed by atoms with E-state index in [9.17, 15) is 4.79 Å². The number of carbonyl (C=O) groups is 1. The van der Waals surface area contributed by atoms with Crippen LogP contribution in [0, 0.1) is 5.92 Å². The number of thiophene rings is 1. The number of rotatable bonds is 3. The van der Waals surface area contributed by atoms with E-state index in [-0.39, 0.29) is 5.91 Å². The van der Waals surface area contributed by atoms with E-state index in [1.165, 1.54) is 11.3 Å². The quantitative estimate of drug-likeness (QED) is 0.914. The molecule has 1 aliphatic rings. The van der Waals surface area contributed by atoms with Crippen molar-refractivity contribution >= 4 is 38.9 Å². The van der Waals surface area contributed by atoms with E-state index in [0.29, 0.717) is 10.9 Å². The second-order valence-corrected chi connectivity index (χ2v) is 6.38. The topological polar surface area (TPSA) is 41.1 Å². The molecule has 1 fully saturated rings. The Morgan fingerprint density at radius 1 is 1.47 bits per heavy atom. The molecule has 0 radical (unpaired) electrons. The number of hydrogen-bond acceptors (Lipinski definition) is 3. The predicted molar refractivity (Wildman–Crippen MR) is 80.1 cm³/mol. The second kappa shape index (κ2) is 5.49. The Morgan fingerprint density at radius 2 is 2.37 bits per heavy atom. The molecule has 1 atom stereocenters. The Balaban J connectivity index is 1.70. The van der Waals surface area contributed by atoms with Crippen molar-refractivity contribution in [1.82, 2.24) is 10.6 Å². The van der Waals surface area contributed by atoms with Gasteiger partial charge in [-0.1, -0.05) is 17.7 Å². The fraction of sp³-hybridized carbons (Fsp3) is 0.357. The van der Waals surface area contributed by atoms with Gasteiger partial charge in [-0.15, -0.1) is 11.3 Å². The molecule has 5 heteroatoms. The van der Waals surface area contributed by atoms with Crippen molar-refractivity contribution in [3.05, 3.63) is 34.2 Å². The standard InChI is InChI=1S/C14H15ClN2OS/c15-11-2-1-10-5-13(19-12(10)6-11)14(18)17-8-9-3-4-16-7-9/h1-2,5-6,9,16H,3-4,7-8H2,(H,17,18)/t9-/m0/s1. The van der Waals surface area contributed by atoms with Crippen LogP contribution in [-0.2, 0) is 0 Å². The van der Waals surface area contributed by atoms with Gasteiger partial charge in [-0.3, -0.25) is 4.79 Å². The van der Waals surface area contributed by atoms with Crippen LogP contribution < -0.4 is 10.6 Å². The molecule has 1 aliphatic heterocycles. The highest BCUT2D eigenvalue weighted by atomic mass is 35.5. The molecule has 1 aromatic heterocycles. The zero-order valence-corrected chi connectivity index (χ0v) is 12.0. The summed E-state index contributed by atoms with van der Waals surface area (Å²) in [7, 11) is 0. The van der Waals surface area contributed by atoms with Crippen LogP contribution in [0.25, 0.3) is 10.1 Å².